The third-order valence-electron chi connectivity index (χ3n) is 2.62. The van der Waals surface area contributed by atoms with Gasteiger partial charge in [0, 0.05) is 25.0 Å². The Labute approximate surface area is 101 Å². The van der Waals surface area contributed by atoms with Gasteiger partial charge in [0.25, 0.3) is 0 Å². The highest BCUT2D eigenvalue weighted by atomic mass is 19.1. The van der Waals surface area contributed by atoms with Gasteiger partial charge in [-0.3, -0.25) is 0 Å². The Bertz CT molecular complexity index is 488. The predicted octanol–water partition coefficient (Wildman–Crippen LogP) is 2.57. The van der Waals surface area contributed by atoms with Gasteiger partial charge in [-0.2, -0.15) is 0 Å². The zero-order chi connectivity index (χ0) is 12.3. The molecule has 0 fully saturated rings. The van der Waals surface area contributed by atoms with Crippen molar-refractivity contribution in [1.29, 1.82) is 0 Å². The molecule has 0 aliphatic rings. The standard InChI is InChI=1S/C14H17FN2/c1-11(16)7-13-5-6-17(10-13)9-12-3-2-4-14(15)8-12/h2-6,8,10-11H,7,9,16H2,1H3. The third-order valence-corrected chi connectivity index (χ3v) is 2.62. The van der Waals surface area contributed by atoms with Crippen molar-refractivity contribution in [3.05, 3.63) is 59.7 Å². The van der Waals surface area contributed by atoms with Crippen LogP contribution in [0.5, 0.6) is 0 Å². The lowest BCUT2D eigenvalue weighted by molar-refractivity contribution is 0.623. The van der Waals surface area contributed by atoms with Crippen molar-refractivity contribution in [2.75, 3.05) is 0 Å². The first kappa shape index (κ1) is 11.9. The number of nitrogens with two attached hydrogens (primary N) is 1. The summed E-state index contributed by atoms with van der Waals surface area (Å²) in [5.74, 6) is -0.189. The van der Waals surface area contributed by atoms with E-state index in [1.54, 1.807) is 12.1 Å². The lowest BCUT2D eigenvalue weighted by Crippen LogP contribution is -2.17. The molecular formula is C14H17FN2. The Kier molecular flexibility index (Phi) is 3.59. The first-order valence-corrected chi connectivity index (χ1v) is 5.78. The minimum absolute atomic E-state index is 0.167. The van der Waals surface area contributed by atoms with Crippen LogP contribution >= 0.6 is 0 Å². The van der Waals surface area contributed by atoms with Crippen molar-refractivity contribution >= 4 is 0 Å². The summed E-state index contributed by atoms with van der Waals surface area (Å²) in [6.07, 6.45) is 4.94. The molecule has 17 heavy (non-hydrogen) atoms. The maximum Gasteiger partial charge on any atom is 0.123 e. The summed E-state index contributed by atoms with van der Waals surface area (Å²) < 4.78 is 15.1. The minimum atomic E-state index is -0.189. The minimum Gasteiger partial charge on any atom is -0.350 e. The molecule has 2 N–H and O–H groups in total. The summed E-state index contributed by atoms with van der Waals surface area (Å²) in [6.45, 7) is 2.68. The van der Waals surface area contributed by atoms with E-state index in [1.165, 1.54) is 11.6 Å². The highest BCUT2D eigenvalue weighted by Gasteiger charge is 2.01. The van der Waals surface area contributed by atoms with Gasteiger partial charge in [-0.1, -0.05) is 12.1 Å². The maximum atomic E-state index is 13.0. The van der Waals surface area contributed by atoms with E-state index in [2.05, 4.69) is 12.3 Å². The first-order chi connectivity index (χ1) is 8.13. The fourth-order valence-corrected chi connectivity index (χ4v) is 1.93. The summed E-state index contributed by atoms with van der Waals surface area (Å²) >= 11 is 0. The van der Waals surface area contributed by atoms with Crippen LogP contribution in [0.25, 0.3) is 0 Å². The zero-order valence-corrected chi connectivity index (χ0v) is 9.94. The SMILES string of the molecule is CC(N)Cc1ccn(Cc2cccc(F)c2)c1. The summed E-state index contributed by atoms with van der Waals surface area (Å²) in [5, 5.41) is 0. The average molecular weight is 232 g/mol. The molecule has 0 saturated heterocycles. The van der Waals surface area contributed by atoms with E-state index in [0.29, 0.717) is 6.54 Å². The van der Waals surface area contributed by atoms with Crippen molar-refractivity contribution < 1.29 is 4.39 Å². The number of halogens is 1. The van der Waals surface area contributed by atoms with Crippen LogP contribution in [0.4, 0.5) is 4.39 Å². The van der Waals surface area contributed by atoms with Crippen LogP contribution < -0.4 is 5.73 Å². The van der Waals surface area contributed by atoms with E-state index in [0.717, 1.165) is 12.0 Å². The van der Waals surface area contributed by atoms with Crippen LogP contribution in [0.3, 0.4) is 0 Å². The second-order valence-corrected chi connectivity index (χ2v) is 4.50. The maximum absolute atomic E-state index is 13.0. The number of hydrogen-bond acceptors (Lipinski definition) is 1. The number of rotatable bonds is 4. The molecule has 1 atom stereocenters. The summed E-state index contributed by atoms with van der Waals surface area (Å²) in [6, 6.07) is 8.90. The van der Waals surface area contributed by atoms with E-state index in [9.17, 15) is 4.39 Å². The average Bonchev–Trinajstić information content (AvgIpc) is 2.64. The lowest BCUT2D eigenvalue weighted by Gasteiger charge is -2.04. The largest absolute Gasteiger partial charge is 0.350 e. The number of aromatic nitrogens is 1. The summed E-state index contributed by atoms with van der Waals surface area (Å²) in [5.41, 5.74) is 7.93. The van der Waals surface area contributed by atoms with Crippen molar-refractivity contribution in [2.24, 2.45) is 5.73 Å². The second kappa shape index (κ2) is 5.15. The van der Waals surface area contributed by atoms with E-state index >= 15 is 0 Å². The van der Waals surface area contributed by atoms with Crippen molar-refractivity contribution in [2.45, 2.75) is 25.9 Å². The Morgan fingerprint density at radius 1 is 1.29 bits per heavy atom. The molecule has 0 saturated carbocycles. The quantitative estimate of drug-likeness (QED) is 0.863. The van der Waals surface area contributed by atoms with Crippen LogP contribution in [-0.2, 0) is 13.0 Å². The van der Waals surface area contributed by atoms with Gasteiger partial charge in [-0.25, -0.2) is 4.39 Å². The molecule has 1 unspecified atom stereocenters. The molecule has 0 aliphatic carbocycles. The molecule has 3 heteroatoms. The van der Waals surface area contributed by atoms with Crippen molar-refractivity contribution in [1.82, 2.24) is 4.57 Å². The van der Waals surface area contributed by atoms with Gasteiger partial charge >= 0.3 is 0 Å². The van der Waals surface area contributed by atoms with Gasteiger partial charge < -0.3 is 10.3 Å². The zero-order valence-electron chi connectivity index (χ0n) is 9.94. The molecular weight excluding hydrogens is 215 g/mol. The lowest BCUT2D eigenvalue weighted by atomic mass is 10.1. The van der Waals surface area contributed by atoms with Crippen molar-refractivity contribution in [3.63, 3.8) is 0 Å². The van der Waals surface area contributed by atoms with Gasteiger partial charge in [-0.15, -0.1) is 0 Å². The summed E-state index contributed by atoms with van der Waals surface area (Å²) in [4.78, 5) is 0. The van der Waals surface area contributed by atoms with E-state index in [4.69, 9.17) is 5.73 Å². The Hall–Kier alpha value is -1.61. The molecule has 0 aliphatic heterocycles. The molecule has 1 aromatic carbocycles. The highest BCUT2D eigenvalue weighted by Crippen LogP contribution is 2.09. The van der Waals surface area contributed by atoms with Gasteiger partial charge in [-0.05, 0) is 42.7 Å². The molecule has 1 heterocycles. The third kappa shape index (κ3) is 3.43. The monoisotopic (exact) mass is 232 g/mol. The van der Waals surface area contributed by atoms with Gasteiger partial charge in [0.1, 0.15) is 5.82 Å². The van der Waals surface area contributed by atoms with Crippen LogP contribution in [0.2, 0.25) is 0 Å². The molecule has 1 aromatic heterocycles. The normalized spacial score (nSPS) is 12.6. The fraction of sp³-hybridized carbons (Fsp3) is 0.286. The Morgan fingerprint density at radius 3 is 2.82 bits per heavy atom. The van der Waals surface area contributed by atoms with Gasteiger partial charge in [0.05, 0.1) is 0 Å². The Morgan fingerprint density at radius 2 is 2.12 bits per heavy atom. The number of benzene rings is 1. The van der Waals surface area contributed by atoms with Crippen LogP contribution in [-0.4, -0.2) is 10.6 Å². The van der Waals surface area contributed by atoms with Gasteiger partial charge in [0.15, 0.2) is 0 Å². The molecule has 90 valence electrons. The fourth-order valence-electron chi connectivity index (χ4n) is 1.93. The predicted molar refractivity (Wildman–Crippen MR) is 67.3 cm³/mol. The molecule has 2 rings (SSSR count). The molecule has 0 amide bonds. The molecule has 0 bridgehead atoms. The van der Waals surface area contributed by atoms with E-state index < -0.39 is 0 Å². The van der Waals surface area contributed by atoms with E-state index in [-0.39, 0.29) is 11.9 Å². The molecule has 0 spiro atoms. The van der Waals surface area contributed by atoms with Crippen LogP contribution in [0, 0.1) is 5.82 Å². The topological polar surface area (TPSA) is 30.9 Å². The number of nitrogens with zero attached hydrogens (tertiary/aromatic N) is 1. The first-order valence-electron chi connectivity index (χ1n) is 5.78. The second-order valence-electron chi connectivity index (χ2n) is 4.50. The molecule has 2 nitrogen and oxygen atoms in total. The van der Waals surface area contributed by atoms with E-state index in [1.807, 2.05) is 23.8 Å². The molecule has 2 aromatic rings. The Balaban J connectivity index is 2.06. The van der Waals surface area contributed by atoms with Crippen molar-refractivity contribution in [3.8, 4) is 0 Å². The summed E-state index contributed by atoms with van der Waals surface area (Å²) in [7, 11) is 0. The molecule has 0 radical (unpaired) electrons. The highest BCUT2D eigenvalue weighted by molar-refractivity contribution is 5.19. The van der Waals surface area contributed by atoms with Crippen LogP contribution in [0.15, 0.2) is 42.7 Å². The van der Waals surface area contributed by atoms with Crippen LogP contribution in [0.1, 0.15) is 18.1 Å². The van der Waals surface area contributed by atoms with Gasteiger partial charge in [0.2, 0.25) is 0 Å². The number of hydrogen-bond donors (Lipinski definition) is 1. The smallest absolute Gasteiger partial charge is 0.123 e.